The first kappa shape index (κ1) is 19.4. The second-order valence-electron chi connectivity index (χ2n) is 5.04. The van der Waals surface area contributed by atoms with Crippen molar-refractivity contribution < 1.29 is 19.0 Å². The monoisotopic (exact) mass is 288 g/mol. The fraction of sp³-hybridized carbons (Fsp3) is 0.938. The van der Waals surface area contributed by atoms with Crippen molar-refractivity contribution in [2.75, 3.05) is 26.9 Å². The largest absolute Gasteiger partial charge is 0.466 e. The van der Waals surface area contributed by atoms with Crippen LogP contribution in [0.15, 0.2) is 0 Å². The van der Waals surface area contributed by atoms with Gasteiger partial charge in [0.2, 0.25) is 0 Å². The number of hydrogen-bond donors (Lipinski definition) is 0. The van der Waals surface area contributed by atoms with Gasteiger partial charge in [0.15, 0.2) is 0 Å². The smallest absolute Gasteiger partial charge is 0.308 e. The summed E-state index contributed by atoms with van der Waals surface area (Å²) in [6.45, 7) is 5.44. The van der Waals surface area contributed by atoms with Crippen molar-refractivity contribution in [2.45, 2.75) is 71.3 Å². The standard InChI is InChI=1S/C16H32O4/c1-4-6-7-8-9-10-11-15(18-3)14-19-13-12-16(17)20-5-2/h15H,4-14H2,1-3H3. The Balaban J connectivity index is 3.44. The van der Waals surface area contributed by atoms with E-state index in [9.17, 15) is 4.79 Å². The Morgan fingerprint density at radius 3 is 2.40 bits per heavy atom. The third-order valence-electron chi connectivity index (χ3n) is 3.27. The molecule has 0 heterocycles. The van der Waals surface area contributed by atoms with Gasteiger partial charge in [0, 0.05) is 7.11 Å². The summed E-state index contributed by atoms with van der Waals surface area (Å²) >= 11 is 0. The van der Waals surface area contributed by atoms with Gasteiger partial charge in [-0.15, -0.1) is 0 Å². The fourth-order valence-electron chi connectivity index (χ4n) is 2.03. The third-order valence-corrected chi connectivity index (χ3v) is 3.27. The molecular weight excluding hydrogens is 256 g/mol. The van der Waals surface area contributed by atoms with E-state index in [0.29, 0.717) is 26.2 Å². The van der Waals surface area contributed by atoms with Crippen molar-refractivity contribution in [1.82, 2.24) is 0 Å². The van der Waals surface area contributed by atoms with Gasteiger partial charge in [-0.25, -0.2) is 0 Å². The summed E-state index contributed by atoms with van der Waals surface area (Å²) in [6.07, 6.45) is 9.22. The normalized spacial score (nSPS) is 12.3. The van der Waals surface area contributed by atoms with E-state index >= 15 is 0 Å². The van der Waals surface area contributed by atoms with Crippen LogP contribution in [0.5, 0.6) is 0 Å². The van der Waals surface area contributed by atoms with E-state index in [0.717, 1.165) is 6.42 Å². The van der Waals surface area contributed by atoms with E-state index in [1.54, 1.807) is 14.0 Å². The molecule has 0 saturated carbocycles. The van der Waals surface area contributed by atoms with Crippen LogP contribution in [0.25, 0.3) is 0 Å². The molecule has 0 aromatic rings. The number of methoxy groups -OCH3 is 1. The van der Waals surface area contributed by atoms with Gasteiger partial charge in [-0.1, -0.05) is 45.4 Å². The molecule has 20 heavy (non-hydrogen) atoms. The van der Waals surface area contributed by atoms with Gasteiger partial charge in [-0.05, 0) is 13.3 Å². The Morgan fingerprint density at radius 2 is 1.75 bits per heavy atom. The Hall–Kier alpha value is -0.610. The van der Waals surface area contributed by atoms with E-state index in [-0.39, 0.29) is 12.1 Å². The van der Waals surface area contributed by atoms with E-state index in [1.807, 2.05) is 0 Å². The number of esters is 1. The molecule has 0 amide bonds. The number of ether oxygens (including phenoxy) is 3. The minimum absolute atomic E-state index is 0.142. The average molecular weight is 288 g/mol. The maximum atomic E-state index is 11.1. The van der Waals surface area contributed by atoms with E-state index in [1.165, 1.54) is 38.5 Å². The number of hydrogen-bond acceptors (Lipinski definition) is 4. The molecule has 1 atom stereocenters. The summed E-state index contributed by atoms with van der Waals surface area (Å²) in [7, 11) is 1.72. The van der Waals surface area contributed by atoms with Crippen molar-refractivity contribution in [3.8, 4) is 0 Å². The van der Waals surface area contributed by atoms with Gasteiger partial charge >= 0.3 is 5.97 Å². The molecule has 0 aliphatic rings. The van der Waals surface area contributed by atoms with Crippen LogP contribution in [-0.2, 0) is 19.0 Å². The zero-order valence-electron chi connectivity index (χ0n) is 13.5. The van der Waals surface area contributed by atoms with Gasteiger partial charge in [0.25, 0.3) is 0 Å². The lowest BCUT2D eigenvalue weighted by atomic mass is 10.1. The minimum atomic E-state index is -0.197. The van der Waals surface area contributed by atoms with Crippen LogP contribution < -0.4 is 0 Å². The van der Waals surface area contributed by atoms with Crippen LogP contribution in [0, 0.1) is 0 Å². The second kappa shape index (κ2) is 14.8. The lowest BCUT2D eigenvalue weighted by Crippen LogP contribution is -2.19. The lowest BCUT2D eigenvalue weighted by Gasteiger charge is -2.15. The molecule has 0 N–H and O–H groups in total. The zero-order chi connectivity index (χ0) is 15.1. The maximum Gasteiger partial charge on any atom is 0.308 e. The van der Waals surface area contributed by atoms with Crippen molar-refractivity contribution in [3.05, 3.63) is 0 Å². The summed E-state index contributed by atoms with van der Waals surface area (Å²) < 4.78 is 15.7. The average Bonchev–Trinajstić information content (AvgIpc) is 2.45. The van der Waals surface area contributed by atoms with Gasteiger partial charge < -0.3 is 14.2 Å². The summed E-state index contributed by atoms with van der Waals surface area (Å²) in [6, 6.07) is 0. The van der Waals surface area contributed by atoms with Crippen LogP contribution in [0.1, 0.15) is 65.2 Å². The first-order valence-corrected chi connectivity index (χ1v) is 8.00. The highest BCUT2D eigenvalue weighted by molar-refractivity contribution is 5.69. The molecule has 0 aromatic heterocycles. The van der Waals surface area contributed by atoms with E-state index < -0.39 is 0 Å². The molecule has 0 saturated heterocycles. The van der Waals surface area contributed by atoms with Crippen molar-refractivity contribution in [2.24, 2.45) is 0 Å². The second-order valence-corrected chi connectivity index (χ2v) is 5.04. The molecule has 0 fully saturated rings. The highest BCUT2D eigenvalue weighted by Crippen LogP contribution is 2.10. The molecule has 4 nitrogen and oxygen atoms in total. The molecule has 1 unspecified atom stereocenters. The maximum absolute atomic E-state index is 11.1. The van der Waals surface area contributed by atoms with Gasteiger partial charge in [-0.3, -0.25) is 4.79 Å². The molecule has 0 radical (unpaired) electrons. The van der Waals surface area contributed by atoms with Gasteiger partial charge in [0.1, 0.15) is 0 Å². The summed E-state index contributed by atoms with van der Waals surface area (Å²) in [5.41, 5.74) is 0. The SMILES string of the molecule is CCCCCCCCC(COCCC(=O)OCC)OC. The quantitative estimate of drug-likeness (QED) is 0.361. The van der Waals surface area contributed by atoms with Crippen LogP contribution in [0.2, 0.25) is 0 Å². The van der Waals surface area contributed by atoms with Crippen LogP contribution in [0.4, 0.5) is 0 Å². The number of carbonyl (C=O) groups excluding carboxylic acids is 1. The minimum Gasteiger partial charge on any atom is -0.466 e. The Morgan fingerprint density at radius 1 is 1.05 bits per heavy atom. The number of unbranched alkanes of at least 4 members (excludes halogenated alkanes) is 5. The van der Waals surface area contributed by atoms with Crippen molar-refractivity contribution >= 4 is 5.97 Å². The molecular formula is C16H32O4. The fourth-order valence-corrected chi connectivity index (χ4v) is 2.03. The summed E-state index contributed by atoms with van der Waals surface area (Å²) in [4.78, 5) is 11.1. The molecule has 0 rings (SSSR count). The number of rotatable bonds is 14. The topological polar surface area (TPSA) is 44.8 Å². The predicted molar refractivity (Wildman–Crippen MR) is 80.9 cm³/mol. The third kappa shape index (κ3) is 12.4. The van der Waals surface area contributed by atoms with Gasteiger partial charge in [0.05, 0.1) is 32.3 Å². The zero-order valence-corrected chi connectivity index (χ0v) is 13.5. The van der Waals surface area contributed by atoms with Crippen LogP contribution in [-0.4, -0.2) is 39.0 Å². The van der Waals surface area contributed by atoms with Crippen LogP contribution >= 0.6 is 0 Å². The first-order valence-electron chi connectivity index (χ1n) is 8.00. The molecule has 0 bridgehead atoms. The molecule has 120 valence electrons. The van der Waals surface area contributed by atoms with E-state index in [4.69, 9.17) is 14.2 Å². The highest BCUT2D eigenvalue weighted by atomic mass is 16.5. The lowest BCUT2D eigenvalue weighted by molar-refractivity contribution is -0.144. The highest BCUT2D eigenvalue weighted by Gasteiger charge is 2.08. The van der Waals surface area contributed by atoms with E-state index in [2.05, 4.69) is 6.92 Å². The Labute approximate surface area is 124 Å². The Bertz CT molecular complexity index is 219. The van der Waals surface area contributed by atoms with Crippen LogP contribution in [0.3, 0.4) is 0 Å². The Kier molecular flexibility index (Phi) is 14.3. The molecule has 0 spiro atoms. The molecule has 4 heteroatoms. The summed E-state index contributed by atoms with van der Waals surface area (Å²) in [5.74, 6) is -0.197. The predicted octanol–water partition coefficient (Wildman–Crippen LogP) is 3.72. The molecule has 0 aliphatic carbocycles. The van der Waals surface area contributed by atoms with Crippen molar-refractivity contribution in [3.63, 3.8) is 0 Å². The summed E-state index contributed by atoms with van der Waals surface area (Å²) in [5, 5.41) is 0. The van der Waals surface area contributed by atoms with Crippen molar-refractivity contribution in [1.29, 1.82) is 0 Å². The van der Waals surface area contributed by atoms with Gasteiger partial charge in [-0.2, -0.15) is 0 Å². The number of carbonyl (C=O) groups is 1. The first-order chi connectivity index (χ1) is 9.74. The molecule has 0 aliphatic heterocycles. The molecule has 0 aromatic carbocycles.